The van der Waals surface area contributed by atoms with E-state index in [4.69, 9.17) is 4.74 Å². The topological polar surface area (TPSA) is 45.7 Å². The molecule has 1 amide bonds. The molecule has 0 aliphatic carbocycles. The van der Waals surface area contributed by atoms with Crippen LogP contribution in [0, 0.1) is 0 Å². The number of nitrogens with zero attached hydrogens (tertiary/aromatic N) is 3. The third kappa shape index (κ3) is 4.79. The third-order valence-corrected chi connectivity index (χ3v) is 4.40. The molecule has 5 nitrogen and oxygen atoms in total. The number of hydrogen-bond donors (Lipinski definition) is 0. The van der Waals surface area contributed by atoms with E-state index in [-0.39, 0.29) is 5.91 Å². The van der Waals surface area contributed by atoms with Crippen LogP contribution in [-0.2, 0) is 6.54 Å². The van der Waals surface area contributed by atoms with E-state index in [1.807, 2.05) is 17.9 Å². The molecule has 1 fully saturated rings. The first-order chi connectivity index (χ1) is 12.3. The lowest BCUT2D eigenvalue weighted by molar-refractivity contribution is 0.0760. The summed E-state index contributed by atoms with van der Waals surface area (Å²) in [4.78, 5) is 21.3. The maximum Gasteiger partial charge on any atom is 0.255 e. The first kappa shape index (κ1) is 17.4. The minimum atomic E-state index is 0.0529. The molecular weight excluding hydrogens is 314 g/mol. The molecular formula is C20H25N3O2. The van der Waals surface area contributed by atoms with Crippen molar-refractivity contribution in [1.82, 2.24) is 14.8 Å². The Bertz CT molecular complexity index is 673. The number of rotatable bonds is 5. The van der Waals surface area contributed by atoms with Crippen LogP contribution < -0.4 is 4.74 Å². The van der Waals surface area contributed by atoms with Gasteiger partial charge in [0.2, 0.25) is 5.88 Å². The molecule has 2 aromatic rings. The Morgan fingerprint density at radius 1 is 1.08 bits per heavy atom. The summed E-state index contributed by atoms with van der Waals surface area (Å²) in [5, 5.41) is 0. The van der Waals surface area contributed by atoms with Crippen molar-refractivity contribution >= 4 is 5.91 Å². The summed E-state index contributed by atoms with van der Waals surface area (Å²) in [6, 6.07) is 14.0. The molecule has 25 heavy (non-hydrogen) atoms. The monoisotopic (exact) mass is 339 g/mol. The largest absolute Gasteiger partial charge is 0.478 e. The average Bonchev–Trinajstić information content (AvgIpc) is 2.89. The highest BCUT2D eigenvalue weighted by Gasteiger charge is 2.20. The minimum Gasteiger partial charge on any atom is -0.478 e. The summed E-state index contributed by atoms with van der Waals surface area (Å²) in [7, 11) is 0. The molecule has 5 heteroatoms. The van der Waals surface area contributed by atoms with Crippen molar-refractivity contribution in [3.8, 4) is 5.88 Å². The quantitative estimate of drug-likeness (QED) is 0.840. The molecule has 0 saturated carbocycles. The number of carbonyl (C=O) groups excluding carboxylic acids is 1. The predicted molar refractivity (Wildman–Crippen MR) is 97.6 cm³/mol. The van der Waals surface area contributed by atoms with Crippen LogP contribution in [0.3, 0.4) is 0 Å². The Morgan fingerprint density at radius 3 is 2.64 bits per heavy atom. The van der Waals surface area contributed by atoms with E-state index >= 15 is 0 Å². The van der Waals surface area contributed by atoms with Crippen LogP contribution in [0.25, 0.3) is 0 Å². The van der Waals surface area contributed by atoms with Gasteiger partial charge in [0.15, 0.2) is 0 Å². The average molecular weight is 339 g/mol. The van der Waals surface area contributed by atoms with E-state index in [2.05, 4.69) is 34.1 Å². The maximum absolute atomic E-state index is 12.7. The van der Waals surface area contributed by atoms with Crippen molar-refractivity contribution in [3.05, 3.63) is 59.8 Å². The van der Waals surface area contributed by atoms with Crippen molar-refractivity contribution in [2.24, 2.45) is 0 Å². The summed E-state index contributed by atoms with van der Waals surface area (Å²) in [5.74, 6) is 0.612. The van der Waals surface area contributed by atoms with Crippen LogP contribution >= 0.6 is 0 Å². The van der Waals surface area contributed by atoms with Crippen LogP contribution in [0.1, 0.15) is 29.3 Å². The first-order valence-corrected chi connectivity index (χ1v) is 8.90. The zero-order chi connectivity index (χ0) is 17.5. The van der Waals surface area contributed by atoms with Gasteiger partial charge in [-0.3, -0.25) is 9.69 Å². The lowest BCUT2D eigenvalue weighted by Crippen LogP contribution is -2.35. The van der Waals surface area contributed by atoms with E-state index in [1.165, 1.54) is 5.56 Å². The molecule has 0 atom stereocenters. The second-order valence-corrected chi connectivity index (χ2v) is 6.23. The molecule has 0 bridgehead atoms. The zero-order valence-corrected chi connectivity index (χ0v) is 14.7. The summed E-state index contributed by atoms with van der Waals surface area (Å²) in [6.45, 7) is 6.87. The number of benzene rings is 1. The van der Waals surface area contributed by atoms with Gasteiger partial charge < -0.3 is 9.64 Å². The Labute approximate surface area is 149 Å². The Balaban J connectivity index is 1.57. The van der Waals surface area contributed by atoms with Gasteiger partial charge >= 0.3 is 0 Å². The fourth-order valence-corrected chi connectivity index (χ4v) is 3.10. The number of pyridine rings is 1. The number of aromatic nitrogens is 1. The Hall–Kier alpha value is -2.40. The van der Waals surface area contributed by atoms with Crippen molar-refractivity contribution in [3.63, 3.8) is 0 Å². The van der Waals surface area contributed by atoms with Crippen molar-refractivity contribution in [1.29, 1.82) is 0 Å². The van der Waals surface area contributed by atoms with Crippen LogP contribution in [-0.4, -0.2) is 53.5 Å². The van der Waals surface area contributed by atoms with E-state index in [9.17, 15) is 4.79 Å². The summed E-state index contributed by atoms with van der Waals surface area (Å²) in [5.41, 5.74) is 1.94. The molecule has 0 unspecified atom stereocenters. The molecule has 132 valence electrons. The number of ether oxygens (including phenoxy) is 1. The van der Waals surface area contributed by atoms with Gasteiger partial charge in [-0.2, -0.15) is 0 Å². The highest BCUT2D eigenvalue weighted by atomic mass is 16.5. The number of amides is 1. The summed E-state index contributed by atoms with van der Waals surface area (Å²) < 4.78 is 5.33. The van der Waals surface area contributed by atoms with Gasteiger partial charge in [-0.1, -0.05) is 30.3 Å². The molecule has 3 rings (SSSR count). The van der Waals surface area contributed by atoms with E-state index in [1.54, 1.807) is 18.3 Å². The summed E-state index contributed by atoms with van der Waals surface area (Å²) in [6.07, 6.45) is 2.60. The van der Waals surface area contributed by atoms with Crippen LogP contribution in [0.2, 0.25) is 0 Å². The lowest BCUT2D eigenvalue weighted by Gasteiger charge is -2.22. The van der Waals surface area contributed by atoms with Crippen LogP contribution in [0.4, 0.5) is 0 Å². The van der Waals surface area contributed by atoms with Gasteiger partial charge in [0.25, 0.3) is 5.91 Å². The van der Waals surface area contributed by atoms with Gasteiger partial charge in [-0.15, -0.1) is 0 Å². The molecule has 0 spiro atoms. The highest BCUT2D eigenvalue weighted by molar-refractivity contribution is 5.94. The fourth-order valence-electron chi connectivity index (χ4n) is 3.10. The van der Waals surface area contributed by atoms with Gasteiger partial charge in [0.1, 0.15) is 0 Å². The standard InChI is InChI=1S/C20H25N3O2/c1-2-25-19-10-9-18(15-21-19)20(24)23-12-6-11-22(13-14-23)16-17-7-4-3-5-8-17/h3-5,7-10,15H,2,6,11-14,16H2,1H3. The highest BCUT2D eigenvalue weighted by Crippen LogP contribution is 2.13. The Kier molecular flexibility index (Phi) is 6.01. The SMILES string of the molecule is CCOc1ccc(C(=O)N2CCCN(Cc3ccccc3)CC2)cn1. The van der Waals surface area contributed by atoms with Gasteiger partial charge in [-0.25, -0.2) is 4.98 Å². The predicted octanol–water partition coefficient (Wildman–Crippen LogP) is 2.83. The van der Waals surface area contributed by atoms with Crippen molar-refractivity contribution < 1.29 is 9.53 Å². The maximum atomic E-state index is 12.7. The van der Waals surface area contributed by atoms with Crippen LogP contribution in [0.5, 0.6) is 5.88 Å². The Morgan fingerprint density at radius 2 is 1.92 bits per heavy atom. The zero-order valence-electron chi connectivity index (χ0n) is 14.7. The summed E-state index contributed by atoms with van der Waals surface area (Å²) >= 11 is 0. The molecule has 0 N–H and O–H groups in total. The molecule has 1 aliphatic heterocycles. The molecule has 1 saturated heterocycles. The van der Waals surface area contributed by atoms with Gasteiger partial charge in [0.05, 0.1) is 12.2 Å². The van der Waals surface area contributed by atoms with Gasteiger partial charge in [-0.05, 0) is 25.0 Å². The molecule has 0 radical (unpaired) electrons. The smallest absolute Gasteiger partial charge is 0.255 e. The molecule has 2 heterocycles. The van der Waals surface area contributed by atoms with E-state index < -0.39 is 0 Å². The minimum absolute atomic E-state index is 0.0529. The second kappa shape index (κ2) is 8.62. The number of carbonyl (C=O) groups is 1. The first-order valence-electron chi connectivity index (χ1n) is 8.90. The molecule has 1 aliphatic rings. The second-order valence-electron chi connectivity index (χ2n) is 6.23. The lowest BCUT2D eigenvalue weighted by atomic mass is 10.2. The van der Waals surface area contributed by atoms with Crippen molar-refractivity contribution in [2.45, 2.75) is 19.9 Å². The van der Waals surface area contributed by atoms with Crippen LogP contribution in [0.15, 0.2) is 48.7 Å². The third-order valence-electron chi connectivity index (χ3n) is 4.40. The van der Waals surface area contributed by atoms with E-state index in [0.717, 1.165) is 39.1 Å². The normalized spacial score (nSPS) is 15.6. The number of hydrogen-bond acceptors (Lipinski definition) is 4. The fraction of sp³-hybridized carbons (Fsp3) is 0.400. The van der Waals surface area contributed by atoms with Gasteiger partial charge in [0, 0.05) is 45.0 Å². The van der Waals surface area contributed by atoms with Crippen molar-refractivity contribution in [2.75, 3.05) is 32.8 Å². The molecule has 1 aromatic carbocycles. The van der Waals surface area contributed by atoms with E-state index in [0.29, 0.717) is 18.1 Å². The molecule has 1 aromatic heterocycles.